The van der Waals surface area contributed by atoms with Crippen LogP contribution in [0, 0.1) is 5.92 Å². The standard InChI is InChI=1S/C30H37N3O6.ClH/c1-32-27(35)25(26(34)21-5-3-2-4-6-21)31-29(38)30(32)15-17-33(18-16-30)19-20-7-11-23(12-8-20)39-24-13-9-22(10-14-24)28(36)37;/h7-14,21,25-26,34H,2-6,15-19H2,1H3,(H,31,38)(H,36,37);1H/t25-,26-;/m1./s1. The number of carboxylic acid groups (broad SMARTS) is 1. The second kappa shape index (κ2) is 12.6. The molecule has 5 rings (SSSR count). The predicted octanol–water partition coefficient (Wildman–Crippen LogP) is 3.83. The molecule has 3 fully saturated rings. The minimum absolute atomic E-state index is 0. The second-order valence-electron chi connectivity index (χ2n) is 11.1. The van der Waals surface area contributed by atoms with Crippen LogP contribution in [-0.4, -0.2) is 75.6 Å². The quantitative estimate of drug-likeness (QED) is 0.462. The number of aliphatic hydroxyl groups is 1. The summed E-state index contributed by atoms with van der Waals surface area (Å²) in [5.74, 6) is -0.0344. The molecular weight excluding hydrogens is 534 g/mol. The van der Waals surface area contributed by atoms with Gasteiger partial charge in [-0.1, -0.05) is 31.4 Å². The number of rotatable bonds is 7. The molecule has 9 nitrogen and oxygen atoms in total. The first-order valence-electron chi connectivity index (χ1n) is 13.9. The smallest absolute Gasteiger partial charge is 0.335 e. The lowest BCUT2D eigenvalue weighted by atomic mass is 9.78. The molecule has 1 spiro atoms. The summed E-state index contributed by atoms with van der Waals surface area (Å²) < 4.78 is 5.82. The zero-order valence-corrected chi connectivity index (χ0v) is 23.6. The normalized spacial score (nSPS) is 22.4. The van der Waals surface area contributed by atoms with E-state index in [1.165, 1.54) is 12.1 Å². The molecule has 10 heteroatoms. The lowest BCUT2D eigenvalue weighted by Crippen LogP contribution is -2.74. The number of benzene rings is 2. The first-order valence-corrected chi connectivity index (χ1v) is 13.9. The number of halogens is 1. The first kappa shape index (κ1) is 29.8. The Kier molecular flexibility index (Phi) is 9.38. The van der Waals surface area contributed by atoms with Gasteiger partial charge in [0, 0.05) is 26.7 Å². The van der Waals surface area contributed by atoms with E-state index in [0.29, 0.717) is 44.0 Å². The number of likely N-dealkylation sites (N-methyl/N-ethyl adjacent to an activating group) is 1. The molecule has 0 unspecified atom stereocenters. The number of piperidine rings is 1. The van der Waals surface area contributed by atoms with Crippen LogP contribution in [0.4, 0.5) is 0 Å². The van der Waals surface area contributed by atoms with Gasteiger partial charge < -0.3 is 25.2 Å². The SMILES string of the molecule is CN1C(=O)[C@@H]([C@H](O)C2CCCCC2)NC(=O)C12CCN(Cc1ccc(Oc3ccc(C(=O)O)cc3)cc1)CC2.Cl. The topological polar surface area (TPSA) is 119 Å². The number of aliphatic hydroxyl groups excluding tert-OH is 1. The molecule has 2 aliphatic heterocycles. The predicted molar refractivity (Wildman–Crippen MR) is 152 cm³/mol. The van der Waals surface area contributed by atoms with Crippen LogP contribution in [0.1, 0.15) is 60.9 Å². The fourth-order valence-electron chi connectivity index (χ4n) is 6.25. The van der Waals surface area contributed by atoms with Crippen LogP contribution in [0.15, 0.2) is 48.5 Å². The fourth-order valence-corrected chi connectivity index (χ4v) is 6.25. The van der Waals surface area contributed by atoms with E-state index in [2.05, 4.69) is 10.2 Å². The maximum absolute atomic E-state index is 13.4. The third-order valence-electron chi connectivity index (χ3n) is 8.77. The first-order chi connectivity index (χ1) is 18.8. The molecular formula is C30H38ClN3O6. The van der Waals surface area contributed by atoms with E-state index < -0.39 is 23.7 Å². The van der Waals surface area contributed by atoms with Gasteiger partial charge in [0.1, 0.15) is 23.1 Å². The van der Waals surface area contributed by atoms with Gasteiger partial charge in [0.2, 0.25) is 11.8 Å². The van der Waals surface area contributed by atoms with Crippen molar-refractivity contribution < 1.29 is 29.3 Å². The number of ether oxygens (including phenoxy) is 1. The average Bonchev–Trinajstić information content (AvgIpc) is 2.96. The Labute approximate surface area is 240 Å². The molecule has 3 aliphatic rings. The highest BCUT2D eigenvalue weighted by Crippen LogP contribution is 2.35. The van der Waals surface area contributed by atoms with Crippen molar-refractivity contribution in [1.82, 2.24) is 15.1 Å². The number of hydrogen-bond acceptors (Lipinski definition) is 6. The van der Waals surface area contributed by atoms with Crippen molar-refractivity contribution in [3.05, 3.63) is 59.7 Å². The highest BCUT2D eigenvalue weighted by Gasteiger charge is 2.54. The zero-order chi connectivity index (χ0) is 27.6. The van der Waals surface area contributed by atoms with E-state index >= 15 is 0 Å². The number of carboxylic acids is 1. The summed E-state index contributed by atoms with van der Waals surface area (Å²) in [4.78, 5) is 41.6. The maximum Gasteiger partial charge on any atom is 0.335 e. The molecule has 1 aliphatic carbocycles. The molecule has 0 aromatic heterocycles. The van der Waals surface area contributed by atoms with E-state index in [1.54, 1.807) is 24.1 Å². The summed E-state index contributed by atoms with van der Waals surface area (Å²) in [5.41, 5.74) is 0.441. The van der Waals surface area contributed by atoms with Crippen molar-refractivity contribution in [2.24, 2.45) is 5.92 Å². The number of piperazine rings is 1. The summed E-state index contributed by atoms with van der Waals surface area (Å²) in [7, 11) is 1.71. The van der Waals surface area contributed by atoms with E-state index in [4.69, 9.17) is 9.84 Å². The lowest BCUT2D eigenvalue weighted by Gasteiger charge is -2.51. The minimum Gasteiger partial charge on any atom is -0.478 e. The number of nitrogens with one attached hydrogen (secondary N) is 1. The Morgan fingerprint density at radius 1 is 1.00 bits per heavy atom. The van der Waals surface area contributed by atoms with Gasteiger partial charge in [-0.2, -0.15) is 0 Å². The second-order valence-corrected chi connectivity index (χ2v) is 11.1. The van der Waals surface area contributed by atoms with E-state index in [0.717, 1.165) is 37.7 Å². The molecule has 0 radical (unpaired) electrons. The van der Waals surface area contributed by atoms with Gasteiger partial charge in [-0.15, -0.1) is 12.4 Å². The molecule has 2 aromatic rings. The van der Waals surface area contributed by atoms with Crippen LogP contribution in [0.3, 0.4) is 0 Å². The molecule has 216 valence electrons. The van der Waals surface area contributed by atoms with E-state index in [9.17, 15) is 19.5 Å². The molecule has 3 N–H and O–H groups in total. The molecule has 0 bridgehead atoms. The third kappa shape index (κ3) is 6.11. The van der Waals surface area contributed by atoms with Gasteiger partial charge in [0.05, 0.1) is 11.7 Å². The van der Waals surface area contributed by atoms with Crippen LogP contribution in [0.5, 0.6) is 11.5 Å². The highest BCUT2D eigenvalue weighted by molar-refractivity contribution is 6.00. The number of hydrogen-bond donors (Lipinski definition) is 3. The largest absolute Gasteiger partial charge is 0.478 e. The maximum atomic E-state index is 13.4. The fraction of sp³-hybridized carbons (Fsp3) is 0.500. The van der Waals surface area contributed by atoms with E-state index in [-0.39, 0.29) is 35.7 Å². The third-order valence-corrected chi connectivity index (χ3v) is 8.77. The van der Waals surface area contributed by atoms with Gasteiger partial charge in [0.25, 0.3) is 0 Å². The molecule has 2 atom stereocenters. The molecule has 2 aromatic carbocycles. The zero-order valence-electron chi connectivity index (χ0n) is 22.8. The van der Waals surface area contributed by atoms with Crippen molar-refractivity contribution in [2.75, 3.05) is 20.1 Å². The monoisotopic (exact) mass is 571 g/mol. The Morgan fingerprint density at radius 3 is 2.15 bits per heavy atom. The molecule has 40 heavy (non-hydrogen) atoms. The number of nitrogens with zero attached hydrogens (tertiary/aromatic N) is 2. The van der Waals surface area contributed by atoms with Gasteiger partial charge in [-0.3, -0.25) is 14.5 Å². The average molecular weight is 572 g/mol. The van der Waals surface area contributed by atoms with E-state index in [1.807, 2.05) is 24.3 Å². The van der Waals surface area contributed by atoms with Crippen LogP contribution in [0.25, 0.3) is 0 Å². The van der Waals surface area contributed by atoms with Crippen molar-refractivity contribution >= 4 is 30.2 Å². The Bertz CT molecular complexity index is 1190. The van der Waals surface area contributed by atoms with Gasteiger partial charge in [0.15, 0.2) is 0 Å². The Balaban J connectivity index is 0.00000370. The lowest BCUT2D eigenvalue weighted by molar-refractivity contribution is -0.163. The van der Waals surface area contributed by atoms with Crippen molar-refractivity contribution in [3.8, 4) is 11.5 Å². The van der Waals surface area contributed by atoms with Crippen LogP contribution >= 0.6 is 12.4 Å². The van der Waals surface area contributed by atoms with Gasteiger partial charge in [-0.25, -0.2) is 4.79 Å². The van der Waals surface area contributed by atoms with Gasteiger partial charge >= 0.3 is 5.97 Å². The minimum atomic E-state index is -0.977. The summed E-state index contributed by atoms with van der Waals surface area (Å²) in [6.07, 6.45) is 5.33. The molecule has 2 saturated heterocycles. The van der Waals surface area contributed by atoms with Crippen LogP contribution in [0.2, 0.25) is 0 Å². The van der Waals surface area contributed by atoms with Crippen LogP contribution < -0.4 is 10.1 Å². The molecule has 2 heterocycles. The van der Waals surface area contributed by atoms with Crippen molar-refractivity contribution in [2.45, 2.75) is 69.2 Å². The summed E-state index contributed by atoms with van der Waals surface area (Å²) in [6, 6.07) is 13.2. The van der Waals surface area contributed by atoms with Crippen LogP contribution in [-0.2, 0) is 16.1 Å². The number of carbonyl (C=O) groups is 3. The Morgan fingerprint density at radius 2 is 1.57 bits per heavy atom. The van der Waals surface area contributed by atoms with Crippen molar-refractivity contribution in [1.29, 1.82) is 0 Å². The highest BCUT2D eigenvalue weighted by atomic mass is 35.5. The summed E-state index contributed by atoms with van der Waals surface area (Å²) >= 11 is 0. The number of amides is 2. The summed E-state index contributed by atoms with van der Waals surface area (Å²) in [5, 5.41) is 22.9. The Hall–Kier alpha value is -3.14. The number of carbonyl (C=O) groups excluding carboxylic acids is 2. The van der Waals surface area contributed by atoms with Crippen molar-refractivity contribution in [3.63, 3.8) is 0 Å². The molecule has 2 amide bonds. The number of aromatic carboxylic acids is 1. The van der Waals surface area contributed by atoms with Gasteiger partial charge in [-0.05, 0) is 73.6 Å². The summed E-state index contributed by atoms with van der Waals surface area (Å²) in [6.45, 7) is 2.07. The number of likely N-dealkylation sites (tertiary alicyclic amines) is 1. The molecule has 1 saturated carbocycles.